The number of benzene rings is 1. The first-order chi connectivity index (χ1) is 13.1. The second-order valence-electron chi connectivity index (χ2n) is 6.64. The lowest BCUT2D eigenvalue weighted by molar-refractivity contribution is 0.0672. The third-order valence-electron chi connectivity index (χ3n) is 4.70. The van der Waals surface area contributed by atoms with E-state index in [0.29, 0.717) is 35.0 Å². The number of amides is 1. The van der Waals surface area contributed by atoms with Crippen LogP contribution in [0.3, 0.4) is 0 Å². The number of piperidine rings is 1. The molecule has 140 valence electrons. The highest BCUT2D eigenvalue weighted by molar-refractivity contribution is 7.07. The molecule has 0 unspecified atom stereocenters. The zero-order chi connectivity index (χ0) is 18.8. The van der Waals surface area contributed by atoms with E-state index in [1.54, 1.807) is 25.1 Å². The normalized spacial score (nSPS) is 17.3. The smallest absolute Gasteiger partial charge is 0.267 e. The number of carbonyl (C=O) groups excluding carboxylic acids is 1. The molecule has 0 radical (unpaired) electrons. The third-order valence-corrected chi connectivity index (χ3v) is 5.51. The number of hydrogen-bond acceptors (Lipinski definition) is 7. The van der Waals surface area contributed by atoms with Crippen LogP contribution in [0, 0.1) is 18.7 Å². The molecule has 1 saturated heterocycles. The molecule has 1 aliphatic rings. The molecule has 1 aromatic carbocycles. The molecule has 1 fully saturated rings. The number of aromatic nitrogens is 4. The van der Waals surface area contributed by atoms with E-state index in [1.807, 2.05) is 4.90 Å². The highest BCUT2D eigenvalue weighted by Gasteiger charge is 2.28. The van der Waals surface area contributed by atoms with Gasteiger partial charge in [0.05, 0.1) is 11.3 Å². The molecule has 1 atom stereocenters. The Morgan fingerprint density at radius 1 is 1.41 bits per heavy atom. The van der Waals surface area contributed by atoms with E-state index in [-0.39, 0.29) is 23.5 Å². The summed E-state index contributed by atoms with van der Waals surface area (Å²) in [6.45, 7) is 3.13. The minimum atomic E-state index is -0.382. The van der Waals surface area contributed by atoms with E-state index in [9.17, 15) is 9.18 Å². The highest BCUT2D eigenvalue weighted by Crippen LogP contribution is 2.25. The van der Waals surface area contributed by atoms with Crippen molar-refractivity contribution in [2.45, 2.75) is 26.2 Å². The molecule has 9 heteroatoms. The van der Waals surface area contributed by atoms with Gasteiger partial charge in [-0.05, 0) is 49.3 Å². The van der Waals surface area contributed by atoms with Crippen LogP contribution in [0.5, 0.6) is 0 Å². The van der Waals surface area contributed by atoms with Gasteiger partial charge in [-0.25, -0.2) is 4.39 Å². The Hall–Kier alpha value is -2.68. The summed E-state index contributed by atoms with van der Waals surface area (Å²) < 4.78 is 23.0. The molecule has 0 saturated carbocycles. The average molecular weight is 387 g/mol. The van der Waals surface area contributed by atoms with Crippen LogP contribution >= 0.6 is 11.5 Å². The second kappa shape index (κ2) is 7.51. The van der Waals surface area contributed by atoms with Crippen LogP contribution in [0.2, 0.25) is 0 Å². The first-order valence-electron chi connectivity index (χ1n) is 8.77. The predicted octanol–water partition coefficient (Wildman–Crippen LogP) is 3.13. The van der Waals surface area contributed by atoms with Gasteiger partial charge in [-0.15, -0.1) is 5.10 Å². The molecule has 3 aromatic rings. The fourth-order valence-corrected chi connectivity index (χ4v) is 3.95. The van der Waals surface area contributed by atoms with Crippen LogP contribution in [-0.2, 0) is 6.42 Å². The van der Waals surface area contributed by atoms with Crippen molar-refractivity contribution in [1.29, 1.82) is 0 Å². The number of likely N-dealkylation sites (tertiary alicyclic amines) is 1. The maximum atomic E-state index is 13.9. The molecule has 27 heavy (non-hydrogen) atoms. The van der Waals surface area contributed by atoms with Crippen molar-refractivity contribution in [3.63, 3.8) is 0 Å². The number of carbonyl (C=O) groups is 1. The van der Waals surface area contributed by atoms with Gasteiger partial charge in [0.15, 0.2) is 0 Å². The summed E-state index contributed by atoms with van der Waals surface area (Å²) in [6.07, 6.45) is 2.45. The van der Waals surface area contributed by atoms with E-state index in [1.165, 1.54) is 6.07 Å². The molecule has 1 amide bonds. The molecule has 2 aromatic heterocycles. The van der Waals surface area contributed by atoms with E-state index in [4.69, 9.17) is 4.52 Å². The molecule has 0 aliphatic carbocycles. The molecular formula is C18H18FN5O2S. The van der Waals surface area contributed by atoms with Crippen LogP contribution < -0.4 is 0 Å². The van der Waals surface area contributed by atoms with Crippen molar-refractivity contribution in [1.82, 2.24) is 24.6 Å². The lowest BCUT2D eigenvalue weighted by Crippen LogP contribution is -2.40. The van der Waals surface area contributed by atoms with Crippen LogP contribution in [0.4, 0.5) is 4.39 Å². The Balaban J connectivity index is 1.44. The van der Waals surface area contributed by atoms with Crippen molar-refractivity contribution in [2.75, 3.05) is 13.1 Å². The summed E-state index contributed by atoms with van der Waals surface area (Å²) in [4.78, 5) is 19.4. The van der Waals surface area contributed by atoms with E-state index < -0.39 is 0 Å². The van der Waals surface area contributed by atoms with E-state index in [2.05, 4.69) is 19.7 Å². The van der Waals surface area contributed by atoms with Crippen molar-refractivity contribution in [3.8, 4) is 11.4 Å². The molecule has 0 bridgehead atoms. The maximum absolute atomic E-state index is 13.9. The predicted molar refractivity (Wildman–Crippen MR) is 96.7 cm³/mol. The summed E-state index contributed by atoms with van der Waals surface area (Å²) in [5.41, 5.74) is 0.986. The molecule has 1 aliphatic heterocycles. The number of aryl methyl sites for hydroxylation is 1. The first kappa shape index (κ1) is 17.7. The van der Waals surface area contributed by atoms with Crippen LogP contribution in [0.15, 0.2) is 28.8 Å². The quantitative estimate of drug-likeness (QED) is 0.684. The lowest BCUT2D eigenvalue weighted by Gasteiger charge is -2.31. The Morgan fingerprint density at radius 3 is 3.04 bits per heavy atom. The van der Waals surface area contributed by atoms with Gasteiger partial charge in [-0.1, -0.05) is 21.8 Å². The Morgan fingerprint density at radius 2 is 2.26 bits per heavy atom. The molecular weight excluding hydrogens is 369 g/mol. The molecule has 0 spiro atoms. The maximum Gasteiger partial charge on any atom is 0.267 e. The van der Waals surface area contributed by atoms with Gasteiger partial charge in [0.25, 0.3) is 5.91 Å². The zero-order valence-corrected chi connectivity index (χ0v) is 15.6. The van der Waals surface area contributed by atoms with Crippen molar-refractivity contribution in [3.05, 3.63) is 46.5 Å². The highest BCUT2D eigenvalue weighted by atomic mass is 32.1. The summed E-state index contributed by atoms with van der Waals surface area (Å²) in [5, 5.41) is 7.81. The monoisotopic (exact) mass is 387 g/mol. The van der Waals surface area contributed by atoms with Crippen molar-refractivity contribution >= 4 is 17.4 Å². The topological polar surface area (TPSA) is 85.0 Å². The van der Waals surface area contributed by atoms with Gasteiger partial charge < -0.3 is 9.42 Å². The van der Waals surface area contributed by atoms with Gasteiger partial charge in [-0.2, -0.15) is 4.98 Å². The second-order valence-corrected chi connectivity index (χ2v) is 7.40. The molecule has 3 heterocycles. The summed E-state index contributed by atoms with van der Waals surface area (Å²) >= 11 is 1.13. The van der Waals surface area contributed by atoms with Crippen LogP contribution in [-0.4, -0.2) is 43.6 Å². The summed E-state index contributed by atoms with van der Waals surface area (Å²) in [5.74, 6) is 0.525. The minimum Gasteiger partial charge on any atom is -0.339 e. The van der Waals surface area contributed by atoms with Gasteiger partial charge in [-0.3, -0.25) is 4.79 Å². The zero-order valence-electron chi connectivity index (χ0n) is 14.8. The van der Waals surface area contributed by atoms with Gasteiger partial charge in [0, 0.05) is 19.5 Å². The van der Waals surface area contributed by atoms with Crippen molar-refractivity contribution < 1.29 is 13.7 Å². The third kappa shape index (κ3) is 3.73. The standard InChI is InChI=1S/C18H18FN5O2S/c1-11-16(27-23-21-11)18(25)24-8-4-5-12(10-24)9-15-20-17(22-26-15)13-6-2-3-7-14(13)19/h2-3,6-7,12H,4-5,8-10H2,1H3/t12-/m0/s1. The van der Waals surface area contributed by atoms with Crippen molar-refractivity contribution in [2.24, 2.45) is 5.92 Å². The number of hydrogen-bond donors (Lipinski definition) is 0. The minimum absolute atomic E-state index is 0.0234. The molecule has 7 nitrogen and oxygen atoms in total. The fraction of sp³-hybridized carbons (Fsp3) is 0.389. The number of nitrogens with zero attached hydrogens (tertiary/aromatic N) is 5. The summed E-state index contributed by atoms with van der Waals surface area (Å²) in [6, 6.07) is 6.34. The fourth-order valence-electron chi connectivity index (χ4n) is 3.32. The van der Waals surface area contributed by atoms with E-state index >= 15 is 0 Å². The average Bonchev–Trinajstić information content (AvgIpc) is 3.31. The first-order valence-corrected chi connectivity index (χ1v) is 9.55. The van der Waals surface area contributed by atoms with E-state index in [0.717, 1.165) is 30.9 Å². The van der Waals surface area contributed by atoms with Gasteiger partial charge in [0.2, 0.25) is 11.7 Å². The summed E-state index contributed by atoms with van der Waals surface area (Å²) in [7, 11) is 0. The number of rotatable bonds is 4. The van der Waals surface area contributed by atoms with Crippen LogP contribution in [0.1, 0.15) is 34.1 Å². The Kier molecular flexibility index (Phi) is 4.93. The van der Waals surface area contributed by atoms with Crippen LogP contribution in [0.25, 0.3) is 11.4 Å². The Labute approximate surface area is 159 Å². The largest absolute Gasteiger partial charge is 0.339 e. The van der Waals surface area contributed by atoms with Gasteiger partial charge >= 0.3 is 0 Å². The lowest BCUT2D eigenvalue weighted by atomic mass is 9.94. The molecule has 4 rings (SSSR count). The Bertz CT molecular complexity index is 957. The SMILES string of the molecule is Cc1nnsc1C(=O)N1CCC[C@@H](Cc2nc(-c3ccccc3F)no2)C1. The van der Waals surface area contributed by atoms with Gasteiger partial charge in [0.1, 0.15) is 10.7 Å². The molecule has 0 N–H and O–H groups in total. The number of halogens is 1.